The molecule has 0 aliphatic carbocycles. The van der Waals surface area contributed by atoms with Gasteiger partial charge in [0.2, 0.25) is 0 Å². The molecule has 1 aromatic heterocycles. The smallest absolute Gasteiger partial charge is 0.189 e. The third kappa shape index (κ3) is 4.92. The second-order valence-corrected chi connectivity index (χ2v) is 10.9. The minimum Gasteiger partial charge on any atom is -0.309 e. The summed E-state index contributed by atoms with van der Waals surface area (Å²) in [4.78, 5) is 7.08. The van der Waals surface area contributed by atoms with Crippen LogP contribution in [-0.2, 0) is 0 Å². The summed E-state index contributed by atoms with van der Waals surface area (Å²) in [7, 11) is 0. The van der Waals surface area contributed by atoms with Crippen LogP contribution >= 0.6 is 0 Å². The average Bonchev–Trinajstić information content (AvgIpc) is 3.45. The average molecular weight is 608 g/mol. The molecular formula is C40H19F2N5. The number of fused-ring (bicyclic) bond motifs is 3. The Balaban J connectivity index is 1.55. The Hall–Kier alpha value is -7.06. The molecule has 0 aliphatic rings. The molecule has 7 rings (SSSR count). The highest BCUT2D eigenvalue weighted by Crippen LogP contribution is 2.41. The van der Waals surface area contributed by atoms with Crippen molar-refractivity contribution in [3.05, 3.63) is 161 Å². The van der Waals surface area contributed by atoms with Crippen molar-refractivity contribution in [3.8, 4) is 51.2 Å². The van der Waals surface area contributed by atoms with Gasteiger partial charge in [0.25, 0.3) is 0 Å². The molecule has 5 nitrogen and oxygen atoms in total. The summed E-state index contributed by atoms with van der Waals surface area (Å²) in [5.41, 5.74) is 7.29. The van der Waals surface area contributed by atoms with Crippen molar-refractivity contribution in [1.82, 2.24) is 4.57 Å². The van der Waals surface area contributed by atoms with Crippen molar-refractivity contribution in [3.63, 3.8) is 0 Å². The maximum atomic E-state index is 15.2. The molecule has 0 N–H and O–H groups in total. The highest BCUT2D eigenvalue weighted by molar-refractivity contribution is 6.12. The first kappa shape index (κ1) is 28.7. The zero-order chi connectivity index (χ0) is 32.7. The fraction of sp³-hybridized carbons (Fsp3) is 0. The quantitative estimate of drug-likeness (QED) is 0.187. The van der Waals surface area contributed by atoms with Gasteiger partial charge in [0.05, 0.1) is 42.0 Å². The standard InChI is InChI=1S/C40H19F2N5/c1-45-30-16-24(22-43)14-28(18-30)26-10-12-38-34(20-26)35-21-27(29-15-25(23-44)17-31(19-29)46-2)11-13-39(35)47(38)37-9-4-3-6-32(37)33-7-5-8-36(41)40(33)42/h3-21H. The Morgan fingerprint density at radius 2 is 1.09 bits per heavy atom. The number of aromatic nitrogens is 1. The lowest BCUT2D eigenvalue weighted by Crippen LogP contribution is -1.99. The minimum atomic E-state index is -0.939. The van der Waals surface area contributed by atoms with Crippen molar-refractivity contribution in [2.75, 3.05) is 0 Å². The van der Waals surface area contributed by atoms with E-state index in [-0.39, 0.29) is 5.56 Å². The molecule has 6 aromatic carbocycles. The van der Waals surface area contributed by atoms with Crippen molar-refractivity contribution in [2.24, 2.45) is 0 Å². The van der Waals surface area contributed by atoms with Gasteiger partial charge in [-0.15, -0.1) is 0 Å². The number of halogens is 2. The van der Waals surface area contributed by atoms with Crippen molar-refractivity contribution >= 4 is 33.2 Å². The fourth-order valence-electron chi connectivity index (χ4n) is 6.06. The van der Waals surface area contributed by atoms with Crippen LogP contribution in [0.15, 0.2) is 115 Å². The molecular weight excluding hydrogens is 588 g/mol. The first-order valence-electron chi connectivity index (χ1n) is 14.4. The summed E-state index contributed by atoms with van der Waals surface area (Å²) in [5.74, 6) is -1.88. The number of para-hydroxylation sites is 1. The van der Waals surface area contributed by atoms with Gasteiger partial charge in [-0.2, -0.15) is 10.5 Å². The van der Waals surface area contributed by atoms with E-state index in [1.54, 1.807) is 54.6 Å². The van der Waals surface area contributed by atoms with E-state index in [1.165, 1.54) is 6.07 Å². The van der Waals surface area contributed by atoms with Gasteiger partial charge in [0.1, 0.15) is 0 Å². The second kappa shape index (κ2) is 11.5. The van der Waals surface area contributed by atoms with Crippen LogP contribution in [0.4, 0.5) is 20.2 Å². The van der Waals surface area contributed by atoms with Crippen LogP contribution in [0.3, 0.4) is 0 Å². The summed E-state index contributed by atoms with van der Waals surface area (Å²) in [5, 5.41) is 20.9. The summed E-state index contributed by atoms with van der Waals surface area (Å²) in [6, 6.07) is 37.3. The summed E-state index contributed by atoms with van der Waals surface area (Å²) >= 11 is 0. The summed E-state index contributed by atoms with van der Waals surface area (Å²) < 4.78 is 31.6. The van der Waals surface area contributed by atoms with Crippen molar-refractivity contribution in [1.29, 1.82) is 10.5 Å². The molecule has 0 spiro atoms. The van der Waals surface area contributed by atoms with Crippen LogP contribution in [0.1, 0.15) is 11.1 Å². The van der Waals surface area contributed by atoms with E-state index in [0.29, 0.717) is 44.9 Å². The molecule has 0 radical (unpaired) electrons. The van der Waals surface area contributed by atoms with Crippen molar-refractivity contribution < 1.29 is 8.78 Å². The molecule has 1 heterocycles. The normalized spacial score (nSPS) is 10.7. The van der Waals surface area contributed by atoms with Gasteiger partial charge in [-0.1, -0.05) is 42.5 Å². The predicted molar refractivity (Wildman–Crippen MR) is 179 cm³/mol. The van der Waals surface area contributed by atoms with Gasteiger partial charge in [-0.05, 0) is 95.1 Å². The van der Waals surface area contributed by atoms with Crippen LogP contribution in [-0.4, -0.2) is 4.57 Å². The second-order valence-electron chi connectivity index (χ2n) is 10.9. The van der Waals surface area contributed by atoms with Gasteiger partial charge in [-0.3, -0.25) is 0 Å². The zero-order valence-corrected chi connectivity index (χ0v) is 24.5. The number of hydrogen-bond acceptors (Lipinski definition) is 2. The van der Waals surface area contributed by atoms with Gasteiger partial charge in [0, 0.05) is 33.0 Å². The number of hydrogen-bond donors (Lipinski definition) is 0. The largest absolute Gasteiger partial charge is 0.309 e. The zero-order valence-electron chi connectivity index (χ0n) is 24.5. The van der Waals surface area contributed by atoms with E-state index >= 15 is 4.39 Å². The van der Waals surface area contributed by atoms with Crippen LogP contribution in [0, 0.1) is 47.4 Å². The molecule has 0 aliphatic heterocycles. The Morgan fingerprint density at radius 3 is 1.62 bits per heavy atom. The fourth-order valence-corrected chi connectivity index (χ4v) is 6.06. The van der Waals surface area contributed by atoms with E-state index in [1.807, 2.05) is 53.1 Å². The van der Waals surface area contributed by atoms with Crippen LogP contribution in [0.5, 0.6) is 0 Å². The molecule has 0 saturated heterocycles. The molecule has 0 fully saturated rings. The maximum Gasteiger partial charge on any atom is 0.189 e. The third-order valence-corrected chi connectivity index (χ3v) is 8.17. The summed E-state index contributed by atoms with van der Waals surface area (Å²) in [6.07, 6.45) is 0. The first-order valence-corrected chi connectivity index (χ1v) is 14.4. The maximum absolute atomic E-state index is 15.2. The van der Waals surface area contributed by atoms with Gasteiger partial charge in [0.15, 0.2) is 23.0 Å². The Morgan fingerprint density at radius 1 is 0.553 bits per heavy atom. The summed E-state index contributed by atoms with van der Waals surface area (Å²) in [6.45, 7) is 15.0. The Bertz CT molecular complexity index is 2410. The Labute approximate surface area is 268 Å². The van der Waals surface area contributed by atoms with E-state index in [4.69, 9.17) is 13.1 Å². The van der Waals surface area contributed by atoms with Gasteiger partial charge in [-0.25, -0.2) is 18.5 Å². The van der Waals surface area contributed by atoms with Crippen LogP contribution in [0.2, 0.25) is 0 Å². The van der Waals surface area contributed by atoms with E-state index < -0.39 is 11.6 Å². The molecule has 0 unspecified atom stereocenters. The lowest BCUT2D eigenvalue weighted by molar-refractivity contribution is 0.511. The van der Waals surface area contributed by atoms with E-state index in [0.717, 1.165) is 39.0 Å². The number of rotatable bonds is 4. The third-order valence-electron chi connectivity index (χ3n) is 8.17. The molecule has 0 amide bonds. The lowest BCUT2D eigenvalue weighted by Gasteiger charge is -2.15. The van der Waals surface area contributed by atoms with Crippen LogP contribution < -0.4 is 0 Å². The number of benzene rings is 6. The van der Waals surface area contributed by atoms with Crippen LogP contribution in [0.25, 0.3) is 70.6 Å². The predicted octanol–water partition coefficient (Wildman–Crippen LogP) is 10.9. The monoisotopic (exact) mass is 607 g/mol. The lowest BCUT2D eigenvalue weighted by atomic mass is 9.98. The highest BCUT2D eigenvalue weighted by atomic mass is 19.2. The molecule has 47 heavy (non-hydrogen) atoms. The number of nitrogens with zero attached hydrogens (tertiary/aromatic N) is 5. The minimum absolute atomic E-state index is 0.129. The van der Waals surface area contributed by atoms with Crippen molar-refractivity contribution in [2.45, 2.75) is 0 Å². The number of nitriles is 2. The molecule has 0 bridgehead atoms. The van der Waals surface area contributed by atoms with Gasteiger partial charge < -0.3 is 4.57 Å². The molecule has 7 aromatic rings. The first-order chi connectivity index (χ1) is 22.9. The SMILES string of the molecule is [C-]#[N+]c1cc(C#N)cc(-c2ccc3c(c2)c2cc(-c4cc(C#N)cc([N+]#[C-])c4)ccc2n3-c2ccccc2-c2cccc(F)c2F)c1. The molecule has 0 atom stereocenters. The van der Waals surface area contributed by atoms with E-state index in [9.17, 15) is 14.9 Å². The topological polar surface area (TPSA) is 61.2 Å². The molecule has 0 saturated carbocycles. The molecule has 218 valence electrons. The van der Waals surface area contributed by atoms with Gasteiger partial charge >= 0.3 is 0 Å². The highest BCUT2D eigenvalue weighted by Gasteiger charge is 2.20. The molecule has 7 heteroatoms. The Kier molecular flexibility index (Phi) is 7.00. The van der Waals surface area contributed by atoms with E-state index in [2.05, 4.69) is 21.8 Å².